The molecule has 0 bridgehead atoms. The fraction of sp³-hybridized carbons (Fsp3) is 0.294. The minimum atomic E-state index is 0.349. The van der Waals surface area contributed by atoms with Gasteiger partial charge in [0.05, 0.1) is 7.11 Å². The highest BCUT2D eigenvalue weighted by Gasteiger charge is 2.16. The smallest absolute Gasteiger partial charge is 0.123 e. The Morgan fingerprint density at radius 3 is 2.28 bits per heavy atom. The van der Waals surface area contributed by atoms with Crippen molar-refractivity contribution in [3.63, 3.8) is 0 Å². The van der Waals surface area contributed by atoms with Crippen molar-refractivity contribution in [1.29, 1.82) is 0 Å². The first-order chi connectivity index (χ1) is 8.63. The molecule has 0 fully saturated rings. The van der Waals surface area contributed by atoms with Crippen molar-refractivity contribution in [1.82, 2.24) is 0 Å². The van der Waals surface area contributed by atoms with E-state index in [4.69, 9.17) is 4.74 Å². The Bertz CT molecular complexity index is 529. The Hall–Kier alpha value is -1.76. The molecule has 0 saturated heterocycles. The van der Waals surface area contributed by atoms with Crippen LogP contribution >= 0.6 is 0 Å². The highest BCUT2D eigenvalue weighted by atomic mass is 16.5. The molecule has 1 atom stereocenters. The summed E-state index contributed by atoms with van der Waals surface area (Å²) in [6.45, 7) is 6.49. The van der Waals surface area contributed by atoms with E-state index in [1.165, 1.54) is 22.3 Å². The third-order valence-corrected chi connectivity index (χ3v) is 3.45. The van der Waals surface area contributed by atoms with Crippen molar-refractivity contribution in [2.75, 3.05) is 7.11 Å². The summed E-state index contributed by atoms with van der Waals surface area (Å²) in [6, 6.07) is 14.9. The van der Waals surface area contributed by atoms with Crippen LogP contribution in [0.3, 0.4) is 0 Å². The normalized spacial score (nSPS) is 12.2. The maximum Gasteiger partial charge on any atom is 0.123 e. The van der Waals surface area contributed by atoms with Gasteiger partial charge in [-0.2, -0.15) is 0 Å². The Labute approximate surface area is 109 Å². The van der Waals surface area contributed by atoms with E-state index >= 15 is 0 Å². The molecule has 0 heterocycles. The Balaban J connectivity index is 2.51. The molecule has 0 radical (unpaired) electrons. The Morgan fingerprint density at radius 1 is 1.00 bits per heavy atom. The number of rotatable bonds is 3. The summed E-state index contributed by atoms with van der Waals surface area (Å²) < 4.78 is 5.55. The molecule has 0 aromatic heterocycles. The highest BCUT2D eigenvalue weighted by Crippen LogP contribution is 2.34. The van der Waals surface area contributed by atoms with Gasteiger partial charge in [-0.05, 0) is 36.6 Å². The summed E-state index contributed by atoms with van der Waals surface area (Å²) in [5, 5.41) is 0. The predicted molar refractivity (Wildman–Crippen MR) is 76.4 cm³/mol. The minimum Gasteiger partial charge on any atom is -0.496 e. The predicted octanol–water partition coefficient (Wildman–Crippen LogP) is 4.46. The van der Waals surface area contributed by atoms with E-state index in [0.717, 1.165) is 5.75 Å². The molecular formula is C17H20O. The molecule has 94 valence electrons. The highest BCUT2D eigenvalue weighted by molar-refractivity contribution is 5.48. The quantitative estimate of drug-likeness (QED) is 0.769. The summed E-state index contributed by atoms with van der Waals surface area (Å²) in [5.74, 6) is 1.34. The van der Waals surface area contributed by atoms with Crippen molar-refractivity contribution in [2.45, 2.75) is 26.7 Å². The van der Waals surface area contributed by atoms with Crippen molar-refractivity contribution >= 4 is 0 Å². The maximum absolute atomic E-state index is 5.55. The standard InChI is InChI=1S/C17H20O/c1-12-10-13(2)17(16(11-12)18-4)14(3)15-8-6-5-7-9-15/h5-11,14H,1-4H3. The molecule has 0 aliphatic rings. The molecule has 1 nitrogen and oxygen atoms in total. The average molecular weight is 240 g/mol. The second-order valence-corrected chi connectivity index (χ2v) is 4.83. The second kappa shape index (κ2) is 5.26. The molecule has 0 aliphatic carbocycles. The van der Waals surface area contributed by atoms with Gasteiger partial charge in [-0.15, -0.1) is 0 Å². The lowest BCUT2D eigenvalue weighted by Gasteiger charge is -2.19. The lowest BCUT2D eigenvalue weighted by atomic mass is 9.88. The van der Waals surface area contributed by atoms with Crippen LogP contribution in [0.15, 0.2) is 42.5 Å². The van der Waals surface area contributed by atoms with E-state index in [2.05, 4.69) is 63.2 Å². The minimum absolute atomic E-state index is 0.349. The third kappa shape index (κ3) is 2.40. The maximum atomic E-state index is 5.55. The molecular weight excluding hydrogens is 220 g/mol. The van der Waals surface area contributed by atoms with Gasteiger partial charge in [0, 0.05) is 11.5 Å². The van der Waals surface area contributed by atoms with E-state index in [-0.39, 0.29) is 0 Å². The molecule has 1 unspecified atom stereocenters. The number of aryl methyl sites for hydroxylation is 2. The molecule has 0 amide bonds. The van der Waals surface area contributed by atoms with Gasteiger partial charge in [-0.3, -0.25) is 0 Å². The molecule has 2 aromatic rings. The number of hydrogen-bond donors (Lipinski definition) is 0. The monoisotopic (exact) mass is 240 g/mol. The van der Waals surface area contributed by atoms with Crippen LogP contribution in [0.4, 0.5) is 0 Å². The topological polar surface area (TPSA) is 9.23 Å². The van der Waals surface area contributed by atoms with Crippen LogP contribution in [0.25, 0.3) is 0 Å². The molecule has 0 aliphatic heterocycles. The van der Waals surface area contributed by atoms with Gasteiger partial charge < -0.3 is 4.74 Å². The van der Waals surface area contributed by atoms with Crippen molar-refractivity contribution in [3.05, 3.63) is 64.7 Å². The molecule has 2 aromatic carbocycles. The van der Waals surface area contributed by atoms with Gasteiger partial charge in [-0.1, -0.05) is 43.3 Å². The van der Waals surface area contributed by atoms with Crippen molar-refractivity contribution < 1.29 is 4.74 Å². The van der Waals surface area contributed by atoms with Gasteiger partial charge in [0.2, 0.25) is 0 Å². The molecule has 0 spiro atoms. The summed E-state index contributed by atoms with van der Waals surface area (Å²) in [5.41, 5.74) is 5.15. The number of benzene rings is 2. The van der Waals surface area contributed by atoms with Crippen LogP contribution in [-0.2, 0) is 0 Å². The summed E-state index contributed by atoms with van der Waals surface area (Å²) in [4.78, 5) is 0. The van der Waals surface area contributed by atoms with Gasteiger partial charge in [0.1, 0.15) is 5.75 Å². The first kappa shape index (κ1) is 12.7. The molecule has 0 N–H and O–H groups in total. The van der Waals surface area contributed by atoms with Gasteiger partial charge in [0.15, 0.2) is 0 Å². The van der Waals surface area contributed by atoms with Crippen LogP contribution in [0, 0.1) is 13.8 Å². The van der Waals surface area contributed by atoms with E-state index < -0.39 is 0 Å². The van der Waals surface area contributed by atoms with E-state index in [1.807, 2.05) is 0 Å². The largest absolute Gasteiger partial charge is 0.496 e. The Morgan fingerprint density at radius 2 is 1.67 bits per heavy atom. The van der Waals surface area contributed by atoms with E-state index in [0.29, 0.717) is 5.92 Å². The van der Waals surface area contributed by atoms with Crippen LogP contribution in [0.5, 0.6) is 5.75 Å². The Kier molecular flexibility index (Phi) is 3.71. The fourth-order valence-corrected chi connectivity index (χ4v) is 2.57. The second-order valence-electron chi connectivity index (χ2n) is 4.83. The lowest BCUT2D eigenvalue weighted by molar-refractivity contribution is 0.407. The van der Waals surface area contributed by atoms with Crippen LogP contribution in [0.1, 0.15) is 35.1 Å². The van der Waals surface area contributed by atoms with E-state index in [9.17, 15) is 0 Å². The third-order valence-electron chi connectivity index (χ3n) is 3.45. The SMILES string of the molecule is COc1cc(C)cc(C)c1C(C)c1ccccc1. The van der Waals surface area contributed by atoms with Crippen LogP contribution in [-0.4, -0.2) is 7.11 Å². The van der Waals surface area contributed by atoms with E-state index in [1.54, 1.807) is 7.11 Å². The van der Waals surface area contributed by atoms with Crippen molar-refractivity contribution in [3.8, 4) is 5.75 Å². The first-order valence-corrected chi connectivity index (χ1v) is 6.33. The number of ether oxygens (including phenoxy) is 1. The zero-order valence-corrected chi connectivity index (χ0v) is 11.5. The van der Waals surface area contributed by atoms with Crippen LogP contribution in [0.2, 0.25) is 0 Å². The summed E-state index contributed by atoms with van der Waals surface area (Å²) in [6.07, 6.45) is 0. The van der Waals surface area contributed by atoms with Crippen LogP contribution < -0.4 is 4.74 Å². The van der Waals surface area contributed by atoms with Gasteiger partial charge in [-0.25, -0.2) is 0 Å². The fourth-order valence-electron chi connectivity index (χ4n) is 2.57. The summed E-state index contributed by atoms with van der Waals surface area (Å²) in [7, 11) is 1.75. The zero-order chi connectivity index (χ0) is 13.1. The average Bonchev–Trinajstić information content (AvgIpc) is 2.38. The molecule has 0 saturated carbocycles. The first-order valence-electron chi connectivity index (χ1n) is 6.33. The number of methoxy groups -OCH3 is 1. The lowest BCUT2D eigenvalue weighted by Crippen LogP contribution is -2.02. The number of hydrogen-bond acceptors (Lipinski definition) is 1. The van der Waals surface area contributed by atoms with Gasteiger partial charge in [0.25, 0.3) is 0 Å². The van der Waals surface area contributed by atoms with Gasteiger partial charge >= 0.3 is 0 Å². The molecule has 18 heavy (non-hydrogen) atoms. The zero-order valence-electron chi connectivity index (χ0n) is 11.5. The summed E-state index contributed by atoms with van der Waals surface area (Å²) >= 11 is 0. The molecule has 1 heteroatoms. The van der Waals surface area contributed by atoms with Crippen molar-refractivity contribution in [2.24, 2.45) is 0 Å². The molecule has 2 rings (SSSR count).